The number of carboxylic acid groups (broad SMARTS) is 1. The average molecular weight is 228 g/mol. The molecule has 0 aromatic carbocycles. The van der Waals surface area contributed by atoms with Crippen molar-refractivity contribution in [2.75, 3.05) is 5.75 Å². The first-order valence-electron chi connectivity index (χ1n) is 4.78. The highest BCUT2D eigenvalue weighted by atomic mass is 32.2. The van der Waals surface area contributed by atoms with Gasteiger partial charge in [-0.25, -0.2) is 4.98 Å². The summed E-state index contributed by atoms with van der Waals surface area (Å²) in [5.74, 6) is 0.967. The summed E-state index contributed by atoms with van der Waals surface area (Å²) in [6.07, 6.45) is 3.66. The molecular weight excluding hydrogens is 212 g/mol. The maximum atomic E-state index is 10.8. The van der Waals surface area contributed by atoms with Crippen LogP contribution in [0.5, 0.6) is 0 Å². The third-order valence-electron chi connectivity index (χ3n) is 2.23. The Morgan fingerprint density at radius 2 is 2.33 bits per heavy atom. The van der Waals surface area contributed by atoms with E-state index >= 15 is 0 Å². The number of imidazole rings is 1. The molecule has 0 fully saturated rings. The number of rotatable bonds is 5. The standard InChI is InChI=1S/C10H16N2O2S/c1-8-11-4-5-12(8)6-7-15-10(2,3)9(13)14/h4-5H,6-7H2,1-3H3,(H,13,14). The van der Waals surface area contributed by atoms with Crippen molar-refractivity contribution in [1.82, 2.24) is 9.55 Å². The molecule has 0 radical (unpaired) electrons. The molecule has 0 bridgehead atoms. The first kappa shape index (κ1) is 12.1. The number of aliphatic carboxylic acids is 1. The molecule has 0 aliphatic heterocycles. The molecule has 1 heterocycles. The molecule has 1 N–H and O–H groups in total. The van der Waals surface area contributed by atoms with Crippen molar-refractivity contribution in [3.63, 3.8) is 0 Å². The molecule has 0 amide bonds. The Morgan fingerprint density at radius 1 is 1.67 bits per heavy atom. The van der Waals surface area contributed by atoms with E-state index in [0.29, 0.717) is 0 Å². The van der Waals surface area contributed by atoms with Crippen LogP contribution in [0.15, 0.2) is 12.4 Å². The number of thioether (sulfide) groups is 1. The maximum absolute atomic E-state index is 10.8. The molecule has 5 heteroatoms. The lowest BCUT2D eigenvalue weighted by molar-refractivity contribution is -0.138. The third kappa shape index (κ3) is 3.27. The molecule has 84 valence electrons. The number of hydrogen-bond donors (Lipinski definition) is 1. The maximum Gasteiger partial charge on any atom is 0.319 e. The molecule has 0 saturated carbocycles. The second-order valence-corrected chi connectivity index (χ2v) is 5.55. The van der Waals surface area contributed by atoms with Crippen LogP contribution in [0.3, 0.4) is 0 Å². The quantitative estimate of drug-likeness (QED) is 0.834. The molecule has 0 spiro atoms. The SMILES string of the molecule is Cc1nccn1CCSC(C)(C)C(=O)O. The van der Waals surface area contributed by atoms with Gasteiger partial charge in [-0.3, -0.25) is 4.79 Å². The van der Waals surface area contributed by atoms with Crippen LogP contribution in [0, 0.1) is 6.92 Å². The smallest absolute Gasteiger partial charge is 0.319 e. The minimum Gasteiger partial charge on any atom is -0.480 e. The Balaban J connectivity index is 2.40. The Hall–Kier alpha value is -0.970. The molecule has 0 unspecified atom stereocenters. The summed E-state index contributed by atoms with van der Waals surface area (Å²) in [6.45, 7) is 6.18. The molecular formula is C10H16N2O2S. The predicted molar refractivity (Wildman–Crippen MR) is 61.1 cm³/mol. The molecule has 15 heavy (non-hydrogen) atoms. The van der Waals surface area contributed by atoms with Crippen LogP contribution in [-0.2, 0) is 11.3 Å². The second-order valence-electron chi connectivity index (χ2n) is 3.83. The fourth-order valence-electron chi connectivity index (χ4n) is 1.10. The molecule has 0 aliphatic carbocycles. The van der Waals surface area contributed by atoms with Gasteiger partial charge in [0.05, 0.1) is 0 Å². The van der Waals surface area contributed by atoms with Crippen LogP contribution in [0.2, 0.25) is 0 Å². The number of carbonyl (C=O) groups is 1. The van der Waals surface area contributed by atoms with E-state index in [9.17, 15) is 4.79 Å². The first-order chi connectivity index (χ1) is 6.93. The van der Waals surface area contributed by atoms with Gasteiger partial charge < -0.3 is 9.67 Å². The molecule has 1 aromatic heterocycles. The normalized spacial score (nSPS) is 11.7. The van der Waals surface area contributed by atoms with Crippen LogP contribution < -0.4 is 0 Å². The fraction of sp³-hybridized carbons (Fsp3) is 0.600. The predicted octanol–water partition coefficient (Wildman–Crippen LogP) is 1.79. The van der Waals surface area contributed by atoms with E-state index in [1.54, 1.807) is 20.0 Å². The summed E-state index contributed by atoms with van der Waals surface area (Å²) in [4.78, 5) is 14.9. The summed E-state index contributed by atoms with van der Waals surface area (Å²) < 4.78 is 1.30. The van der Waals surface area contributed by atoms with Crippen LogP contribution in [0.1, 0.15) is 19.7 Å². The lowest BCUT2D eigenvalue weighted by Crippen LogP contribution is -2.28. The Morgan fingerprint density at radius 3 is 2.80 bits per heavy atom. The van der Waals surface area contributed by atoms with Gasteiger partial charge in [-0.15, -0.1) is 11.8 Å². The van der Waals surface area contributed by atoms with Crippen molar-refractivity contribution in [3.8, 4) is 0 Å². The van der Waals surface area contributed by atoms with Gasteiger partial charge >= 0.3 is 5.97 Å². The lowest BCUT2D eigenvalue weighted by Gasteiger charge is -2.18. The third-order valence-corrected chi connectivity index (χ3v) is 3.52. The topological polar surface area (TPSA) is 55.1 Å². The molecule has 0 saturated heterocycles. The van der Waals surface area contributed by atoms with E-state index in [-0.39, 0.29) is 0 Å². The summed E-state index contributed by atoms with van der Waals surface area (Å²) in [5, 5.41) is 8.91. The van der Waals surface area contributed by atoms with Gasteiger partial charge in [-0.05, 0) is 20.8 Å². The van der Waals surface area contributed by atoms with Crippen LogP contribution in [-0.4, -0.2) is 31.1 Å². The summed E-state index contributed by atoms with van der Waals surface area (Å²) in [5.41, 5.74) is 0. The van der Waals surface area contributed by atoms with E-state index in [2.05, 4.69) is 4.98 Å². The highest BCUT2D eigenvalue weighted by Gasteiger charge is 2.27. The summed E-state index contributed by atoms with van der Waals surface area (Å²) >= 11 is 1.45. The number of carboxylic acids is 1. The molecule has 1 aromatic rings. The van der Waals surface area contributed by atoms with Gasteiger partial charge in [-0.1, -0.05) is 0 Å². The Bertz CT molecular complexity index is 347. The van der Waals surface area contributed by atoms with E-state index in [1.807, 2.05) is 17.7 Å². The second kappa shape index (κ2) is 4.70. The average Bonchev–Trinajstić information content (AvgIpc) is 2.51. The van der Waals surface area contributed by atoms with E-state index in [0.717, 1.165) is 18.1 Å². The highest BCUT2D eigenvalue weighted by Crippen LogP contribution is 2.24. The van der Waals surface area contributed by atoms with Crippen molar-refractivity contribution in [2.24, 2.45) is 0 Å². The van der Waals surface area contributed by atoms with Gasteiger partial charge in [-0.2, -0.15) is 0 Å². The van der Waals surface area contributed by atoms with Crippen molar-refractivity contribution in [1.29, 1.82) is 0 Å². The minimum atomic E-state index is -0.769. The Labute approximate surface area is 93.7 Å². The zero-order valence-corrected chi connectivity index (χ0v) is 10.0. The minimum absolute atomic E-state index is 0.714. The number of aryl methyl sites for hydroxylation is 2. The summed E-state index contributed by atoms with van der Waals surface area (Å²) in [7, 11) is 0. The van der Waals surface area contributed by atoms with Crippen molar-refractivity contribution < 1.29 is 9.90 Å². The Kier molecular flexibility index (Phi) is 3.79. The lowest BCUT2D eigenvalue weighted by atomic mass is 10.2. The fourth-order valence-corrected chi connectivity index (χ4v) is 2.02. The zero-order chi connectivity index (χ0) is 11.5. The van der Waals surface area contributed by atoms with Crippen LogP contribution >= 0.6 is 11.8 Å². The monoisotopic (exact) mass is 228 g/mol. The van der Waals surface area contributed by atoms with Gasteiger partial charge in [0.15, 0.2) is 0 Å². The highest BCUT2D eigenvalue weighted by molar-refractivity contribution is 8.01. The van der Waals surface area contributed by atoms with Crippen LogP contribution in [0.4, 0.5) is 0 Å². The first-order valence-corrected chi connectivity index (χ1v) is 5.77. The summed E-state index contributed by atoms with van der Waals surface area (Å²) in [6, 6.07) is 0. The van der Waals surface area contributed by atoms with Crippen molar-refractivity contribution >= 4 is 17.7 Å². The number of nitrogens with zero attached hydrogens (tertiary/aromatic N) is 2. The number of aromatic nitrogens is 2. The van der Waals surface area contributed by atoms with Crippen molar-refractivity contribution in [2.45, 2.75) is 32.1 Å². The molecule has 4 nitrogen and oxygen atoms in total. The van der Waals surface area contributed by atoms with Gasteiger partial charge in [0.25, 0.3) is 0 Å². The van der Waals surface area contributed by atoms with Crippen LogP contribution in [0.25, 0.3) is 0 Å². The van der Waals surface area contributed by atoms with E-state index in [4.69, 9.17) is 5.11 Å². The van der Waals surface area contributed by atoms with Gasteiger partial charge in [0, 0.05) is 24.7 Å². The largest absolute Gasteiger partial charge is 0.480 e. The number of hydrogen-bond acceptors (Lipinski definition) is 3. The molecule has 0 atom stereocenters. The molecule has 0 aliphatic rings. The van der Waals surface area contributed by atoms with E-state index < -0.39 is 10.7 Å². The zero-order valence-electron chi connectivity index (χ0n) is 9.23. The van der Waals surface area contributed by atoms with E-state index in [1.165, 1.54) is 11.8 Å². The van der Waals surface area contributed by atoms with Crippen molar-refractivity contribution in [3.05, 3.63) is 18.2 Å². The van der Waals surface area contributed by atoms with Gasteiger partial charge in [0.1, 0.15) is 10.6 Å². The van der Waals surface area contributed by atoms with Gasteiger partial charge in [0.2, 0.25) is 0 Å². The molecule has 1 rings (SSSR count).